The molecule has 1 aliphatic rings. The van der Waals surface area contributed by atoms with Gasteiger partial charge in [-0.25, -0.2) is 4.98 Å². The number of aryl methyl sites for hydroxylation is 1. The smallest absolute Gasteiger partial charge is 0.227 e. The molecule has 6 nitrogen and oxygen atoms in total. The normalized spacial score (nSPS) is 15.6. The van der Waals surface area contributed by atoms with E-state index in [2.05, 4.69) is 10.3 Å². The number of carbonyl (C=O) groups excluding carboxylic acids is 1. The summed E-state index contributed by atoms with van der Waals surface area (Å²) in [6.45, 7) is 0. The zero-order valence-electron chi connectivity index (χ0n) is 15.8. The molecule has 1 aliphatic carbocycles. The number of nitrogens with zero attached hydrogens (tertiary/aromatic N) is 2. The van der Waals surface area contributed by atoms with Gasteiger partial charge in [-0.05, 0) is 43.5 Å². The molecule has 0 saturated heterocycles. The summed E-state index contributed by atoms with van der Waals surface area (Å²) in [7, 11) is 3.18. The minimum atomic E-state index is -0.0968. The van der Waals surface area contributed by atoms with E-state index in [9.17, 15) is 4.79 Å². The fourth-order valence-corrected chi connectivity index (χ4v) is 4.51. The molecule has 1 aromatic carbocycles. The molecule has 2 aromatic heterocycles. The average molecular weight is 395 g/mol. The van der Waals surface area contributed by atoms with E-state index in [0.717, 1.165) is 29.2 Å². The number of thiazole rings is 1. The molecule has 0 bridgehead atoms. The number of hydrogen-bond acceptors (Lipinski definition) is 6. The van der Waals surface area contributed by atoms with Crippen molar-refractivity contribution in [3.8, 4) is 22.2 Å². The Hall–Kier alpha value is -2.93. The number of amides is 1. The van der Waals surface area contributed by atoms with Gasteiger partial charge in [-0.15, -0.1) is 11.3 Å². The summed E-state index contributed by atoms with van der Waals surface area (Å²) in [6.07, 6.45) is 4.04. The molecule has 144 valence electrons. The number of aromatic nitrogens is 2. The van der Waals surface area contributed by atoms with Crippen molar-refractivity contribution in [2.75, 3.05) is 19.5 Å². The maximum Gasteiger partial charge on any atom is 0.227 e. The van der Waals surface area contributed by atoms with Crippen LogP contribution in [0.4, 0.5) is 5.69 Å². The number of nitrogens with one attached hydrogen (secondary N) is 1. The number of hydrogen-bond donors (Lipinski definition) is 1. The lowest BCUT2D eigenvalue weighted by Crippen LogP contribution is -2.27. The van der Waals surface area contributed by atoms with Crippen molar-refractivity contribution in [2.24, 2.45) is 5.92 Å². The Labute approximate surface area is 167 Å². The van der Waals surface area contributed by atoms with E-state index >= 15 is 0 Å². The summed E-state index contributed by atoms with van der Waals surface area (Å²) in [4.78, 5) is 23.2. The first-order valence-corrected chi connectivity index (χ1v) is 9.92. The van der Waals surface area contributed by atoms with Crippen LogP contribution >= 0.6 is 11.3 Å². The number of benzene rings is 1. The van der Waals surface area contributed by atoms with Crippen molar-refractivity contribution in [1.82, 2.24) is 9.97 Å². The molecule has 0 aliphatic heterocycles. The van der Waals surface area contributed by atoms with Crippen molar-refractivity contribution in [2.45, 2.75) is 19.3 Å². The second-order valence-corrected chi connectivity index (χ2v) is 7.68. The molecular formula is C21H21N3O3S. The van der Waals surface area contributed by atoms with E-state index < -0.39 is 0 Å². The molecule has 0 spiro atoms. The SMILES string of the molecule is COc1ccc(OC)c(NC(=O)C2CCc3nc(-c4ccccn4)sc3C2)c1. The fourth-order valence-electron chi connectivity index (χ4n) is 3.34. The Morgan fingerprint density at radius 3 is 2.86 bits per heavy atom. The third kappa shape index (κ3) is 3.71. The van der Waals surface area contributed by atoms with Gasteiger partial charge in [0.1, 0.15) is 16.5 Å². The van der Waals surface area contributed by atoms with Gasteiger partial charge < -0.3 is 14.8 Å². The number of ether oxygens (including phenoxy) is 2. The molecule has 0 radical (unpaired) electrons. The van der Waals surface area contributed by atoms with Crippen LogP contribution < -0.4 is 14.8 Å². The first-order chi connectivity index (χ1) is 13.7. The molecule has 7 heteroatoms. The minimum Gasteiger partial charge on any atom is -0.497 e. The number of rotatable bonds is 5. The number of pyridine rings is 1. The maximum atomic E-state index is 12.9. The van der Waals surface area contributed by atoms with Crippen LogP contribution in [0.3, 0.4) is 0 Å². The van der Waals surface area contributed by atoms with Crippen LogP contribution in [0.25, 0.3) is 10.7 Å². The van der Waals surface area contributed by atoms with Crippen molar-refractivity contribution in [3.63, 3.8) is 0 Å². The quantitative estimate of drug-likeness (QED) is 0.708. The van der Waals surface area contributed by atoms with Gasteiger partial charge in [0.15, 0.2) is 0 Å². The van der Waals surface area contributed by atoms with Gasteiger partial charge in [0.2, 0.25) is 5.91 Å². The number of fused-ring (bicyclic) bond motifs is 1. The molecule has 1 amide bonds. The lowest BCUT2D eigenvalue weighted by molar-refractivity contribution is -0.120. The van der Waals surface area contributed by atoms with E-state index in [1.807, 2.05) is 18.2 Å². The topological polar surface area (TPSA) is 73.3 Å². The van der Waals surface area contributed by atoms with Crippen LogP contribution in [0.1, 0.15) is 17.0 Å². The lowest BCUT2D eigenvalue weighted by atomic mass is 9.90. The number of carbonyl (C=O) groups is 1. The summed E-state index contributed by atoms with van der Waals surface area (Å²) < 4.78 is 10.6. The minimum absolute atomic E-state index is 0.00927. The van der Waals surface area contributed by atoms with E-state index in [0.29, 0.717) is 23.6 Å². The Balaban J connectivity index is 1.50. The van der Waals surface area contributed by atoms with Crippen LogP contribution in [-0.4, -0.2) is 30.1 Å². The van der Waals surface area contributed by atoms with E-state index in [-0.39, 0.29) is 11.8 Å². The zero-order valence-corrected chi connectivity index (χ0v) is 16.6. The van der Waals surface area contributed by atoms with Gasteiger partial charge in [-0.2, -0.15) is 0 Å². The number of methoxy groups -OCH3 is 2. The fraction of sp³-hybridized carbons (Fsp3) is 0.286. The Bertz CT molecular complexity index is 988. The molecule has 1 unspecified atom stereocenters. The predicted octanol–water partition coefficient (Wildman–Crippen LogP) is 3.97. The monoisotopic (exact) mass is 395 g/mol. The molecule has 28 heavy (non-hydrogen) atoms. The van der Waals surface area contributed by atoms with Crippen LogP contribution in [0.15, 0.2) is 42.6 Å². The average Bonchev–Trinajstić information content (AvgIpc) is 3.17. The summed E-state index contributed by atoms with van der Waals surface area (Å²) in [6, 6.07) is 11.2. The van der Waals surface area contributed by atoms with Crippen molar-refractivity contribution < 1.29 is 14.3 Å². The Kier molecular flexibility index (Phi) is 5.25. The predicted molar refractivity (Wildman–Crippen MR) is 109 cm³/mol. The number of anilines is 1. The maximum absolute atomic E-state index is 12.9. The highest BCUT2D eigenvalue weighted by Gasteiger charge is 2.28. The first kappa shape index (κ1) is 18.4. The highest BCUT2D eigenvalue weighted by atomic mass is 32.1. The Morgan fingerprint density at radius 1 is 1.21 bits per heavy atom. The van der Waals surface area contributed by atoms with Crippen LogP contribution in [0.5, 0.6) is 11.5 Å². The van der Waals surface area contributed by atoms with Gasteiger partial charge in [0.05, 0.1) is 31.3 Å². The van der Waals surface area contributed by atoms with Crippen LogP contribution in [-0.2, 0) is 17.6 Å². The van der Waals surface area contributed by atoms with Gasteiger partial charge in [-0.1, -0.05) is 6.07 Å². The van der Waals surface area contributed by atoms with E-state index in [4.69, 9.17) is 14.5 Å². The molecular weight excluding hydrogens is 374 g/mol. The van der Waals surface area contributed by atoms with Crippen molar-refractivity contribution >= 4 is 22.9 Å². The van der Waals surface area contributed by atoms with E-state index in [1.165, 1.54) is 4.88 Å². The first-order valence-electron chi connectivity index (χ1n) is 9.11. The summed E-state index contributed by atoms with van der Waals surface area (Å²) in [5, 5.41) is 3.92. The lowest BCUT2D eigenvalue weighted by Gasteiger charge is -2.21. The molecule has 4 rings (SSSR count). The van der Waals surface area contributed by atoms with Gasteiger partial charge in [0.25, 0.3) is 0 Å². The van der Waals surface area contributed by atoms with Crippen LogP contribution in [0, 0.1) is 5.92 Å². The third-order valence-electron chi connectivity index (χ3n) is 4.86. The van der Waals surface area contributed by atoms with Gasteiger partial charge >= 0.3 is 0 Å². The molecule has 0 saturated carbocycles. The van der Waals surface area contributed by atoms with Gasteiger partial charge in [-0.3, -0.25) is 9.78 Å². The second kappa shape index (κ2) is 7.98. The highest BCUT2D eigenvalue weighted by Crippen LogP contribution is 2.35. The summed E-state index contributed by atoms with van der Waals surface area (Å²) in [5.41, 5.74) is 2.59. The van der Waals surface area contributed by atoms with Crippen LogP contribution in [0.2, 0.25) is 0 Å². The van der Waals surface area contributed by atoms with E-state index in [1.54, 1.807) is 50.0 Å². The molecule has 1 N–H and O–H groups in total. The highest BCUT2D eigenvalue weighted by molar-refractivity contribution is 7.15. The molecule has 0 fully saturated rings. The largest absolute Gasteiger partial charge is 0.497 e. The zero-order chi connectivity index (χ0) is 19.5. The van der Waals surface area contributed by atoms with Crippen molar-refractivity contribution in [1.29, 1.82) is 0 Å². The summed E-state index contributed by atoms with van der Waals surface area (Å²) in [5.74, 6) is 1.18. The third-order valence-corrected chi connectivity index (χ3v) is 6.00. The van der Waals surface area contributed by atoms with Gasteiger partial charge in [0, 0.05) is 23.1 Å². The molecule has 1 atom stereocenters. The molecule has 2 heterocycles. The van der Waals surface area contributed by atoms with Crippen molar-refractivity contribution in [3.05, 3.63) is 53.2 Å². The Morgan fingerprint density at radius 2 is 2.11 bits per heavy atom. The summed E-state index contributed by atoms with van der Waals surface area (Å²) >= 11 is 1.63. The second-order valence-electron chi connectivity index (χ2n) is 6.60. The standard InChI is InChI=1S/C21H21N3O3S/c1-26-14-7-9-18(27-2)17(12-14)23-20(25)13-6-8-15-19(11-13)28-21(24-15)16-5-3-4-10-22-16/h3-5,7,9-10,12-13H,6,8,11H2,1-2H3,(H,23,25). The molecule has 3 aromatic rings.